The Labute approximate surface area is 87.0 Å². The molecule has 0 radical (unpaired) electrons. The van der Waals surface area contributed by atoms with Crippen molar-refractivity contribution in [3.63, 3.8) is 0 Å². The maximum Gasteiger partial charge on any atom is 0.143 e. The molecule has 0 aliphatic heterocycles. The third kappa shape index (κ3) is 2.49. The first-order valence-corrected chi connectivity index (χ1v) is 4.54. The number of aryl methyl sites for hydroxylation is 1. The van der Waals surface area contributed by atoms with Crippen molar-refractivity contribution >= 4 is 11.5 Å². The van der Waals surface area contributed by atoms with Gasteiger partial charge in [-0.15, -0.1) is 0 Å². The largest absolute Gasteiger partial charge is 0.339 e. The molecule has 1 N–H and O–H groups in total. The highest BCUT2D eigenvalue weighted by atomic mass is 19.1. The molecule has 0 aliphatic carbocycles. The number of hydrogen-bond acceptors (Lipinski definition) is 3. The minimum Gasteiger partial charge on any atom is -0.339 e. The molecule has 15 heavy (non-hydrogen) atoms. The van der Waals surface area contributed by atoms with E-state index in [0.29, 0.717) is 11.5 Å². The average Bonchev–Trinajstić information content (AvgIpc) is 2.17. The van der Waals surface area contributed by atoms with Crippen molar-refractivity contribution in [3.8, 4) is 0 Å². The van der Waals surface area contributed by atoms with E-state index in [1.807, 2.05) is 19.1 Å². The summed E-state index contributed by atoms with van der Waals surface area (Å²) in [7, 11) is 0. The highest BCUT2D eigenvalue weighted by molar-refractivity contribution is 5.55. The van der Waals surface area contributed by atoms with E-state index in [-0.39, 0.29) is 5.82 Å². The van der Waals surface area contributed by atoms with Gasteiger partial charge in [-0.25, -0.2) is 9.37 Å². The normalized spacial score (nSPS) is 10.0. The van der Waals surface area contributed by atoms with Crippen LogP contribution in [0.25, 0.3) is 0 Å². The van der Waals surface area contributed by atoms with Gasteiger partial charge in [0.15, 0.2) is 0 Å². The number of nitrogens with zero attached hydrogens (tertiary/aromatic N) is 2. The number of anilines is 2. The molecule has 0 spiro atoms. The Morgan fingerprint density at radius 3 is 2.87 bits per heavy atom. The summed E-state index contributed by atoms with van der Waals surface area (Å²) in [6.45, 7) is 1.97. The molecule has 2 heterocycles. The lowest BCUT2D eigenvalue weighted by Gasteiger charge is -2.05. The highest BCUT2D eigenvalue weighted by Gasteiger charge is 1.97. The zero-order valence-corrected chi connectivity index (χ0v) is 8.24. The third-order valence-electron chi connectivity index (χ3n) is 1.89. The van der Waals surface area contributed by atoms with E-state index in [4.69, 9.17) is 0 Å². The zero-order chi connectivity index (χ0) is 10.7. The number of halogens is 1. The van der Waals surface area contributed by atoms with Crippen LogP contribution in [0, 0.1) is 12.7 Å². The summed E-state index contributed by atoms with van der Waals surface area (Å²) < 4.78 is 12.8. The predicted molar refractivity (Wildman–Crippen MR) is 56.5 cm³/mol. The number of hydrogen-bond donors (Lipinski definition) is 1. The smallest absolute Gasteiger partial charge is 0.143 e. The molecule has 0 aromatic carbocycles. The molecule has 2 aromatic rings. The van der Waals surface area contributed by atoms with Crippen molar-refractivity contribution in [2.75, 3.05) is 5.32 Å². The van der Waals surface area contributed by atoms with E-state index in [2.05, 4.69) is 15.3 Å². The maximum atomic E-state index is 12.8. The lowest BCUT2D eigenvalue weighted by atomic mass is 10.3. The summed E-state index contributed by atoms with van der Waals surface area (Å²) in [5.74, 6) is 0.315. The molecular weight excluding hydrogens is 193 g/mol. The Morgan fingerprint density at radius 1 is 1.27 bits per heavy atom. The summed E-state index contributed by atoms with van der Waals surface area (Å²) in [5.41, 5.74) is 1.69. The van der Waals surface area contributed by atoms with Crippen LogP contribution in [-0.2, 0) is 0 Å². The maximum absolute atomic E-state index is 12.8. The van der Waals surface area contributed by atoms with Crippen molar-refractivity contribution < 1.29 is 4.39 Å². The number of pyridine rings is 2. The van der Waals surface area contributed by atoms with Crippen LogP contribution in [-0.4, -0.2) is 9.97 Å². The molecule has 4 heteroatoms. The van der Waals surface area contributed by atoms with Gasteiger partial charge in [-0.05, 0) is 24.6 Å². The summed E-state index contributed by atoms with van der Waals surface area (Å²) in [6.07, 6.45) is 4.41. The summed E-state index contributed by atoms with van der Waals surface area (Å²) in [4.78, 5) is 7.84. The van der Waals surface area contributed by atoms with Crippen LogP contribution in [0.15, 0.2) is 36.8 Å². The van der Waals surface area contributed by atoms with Gasteiger partial charge in [-0.2, -0.15) is 0 Å². The summed E-state index contributed by atoms with van der Waals surface area (Å²) in [6, 6.07) is 5.15. The standard InChI is InChI=1S/C11H10FN3/c1-8-2-3-14-11(4-8)15-10-5-9(12)6-13-7-10/h2-7H,1H3,(H,14,15). The van der Waals surface area contributed by atoms with Gasteiger partial charge in [-0.3, -0.25) is 4.98 Å². The Morgan fingerprint density at radius 2 is 2.13 bits per heavy atom. The van der Waals surface area contributed by atoms with Gasteiger partial charge in [0.05, 0.1) is 18.1 Å². The zero-order valence-electron chi connectivity index (χ0n) is 8.24. The van der Waals surface area contributed by atoms with Gasteiger partial charge in [0.1, 0.15) is 11.6 Å². The van der Waals surface area contributed by atoms with Crippen LogP contribution in [0.4, 0.5) is 15.9 Å². The average molecular weight is 203 g/mol. The molecule has 2 aromatic heterocycles. The van der Waals surface area contributed by atoms with Gasteiger partial charge >= 0.3 is 0 Å². The SMILES string of the molecule is Cc1ccnc(Nc2cncc(F)c2)c1. The fourth-order valence-electron chi connectivity index (χ4n) is 1.23. The molecule has 0 atom stereocenters. The Hall–Kier alpha value is -1.97. The van der Waals surface area contributed by atoms with E-state index < -0.39 is 0 Å². The quantitative estimate of drug-likeness (QED) is 0.815. The number of nitrogens with one attached hydrogen (secondary N) is 1. The first-order chi connectivity index (χ1) is 7.24. The van der Waals surface area contributed by atoms with E-state index in [0.717, 1.165) is 11.8 Å². The van der Waals surface area contributed by atoms with Crippen LogP contribution < -0.4 is 5.32 Å². The minimum atomic E-state index is -0.368. The second-order valence-electron chi connectivity index (χ2n) is 3.24. The summed E-state index contributed by atoms with van der Waals surface area (Å²) >= 11 is 0. The highest BCUT2D eigenvalue weighted by Crippen LogP contribution is 2.14. The fourth-order valence-corrected chi connectivity index (χ4v) is 1.23. The Kier molecular flexibility index (Phi) is 2.58. The molecule has 2 rings (SSSR count). The fraction of sp³-hybridized carbons (Fsp3) is 0.0909. The molecule has 3 nitrogen and oxygen atoms in total. The van der Waals surface area contributed by atoms with Crippen molar-refractivity contribution in [1.82, 2.24) is 9.97 Å². The second-order valence-corrected chi connectivity index (χ2v) is 3.24. The lowest BCUT2D eigenvalue weighted by molar-refractivity contribution is 0.622. The minimum absolute atomic E-state index is 0.368. The van der Waals surface area contributed by atoms with Crippen molar-refractivity contribution in [2.24, 2.45) is 0 Å². The number of rotatable bonds is 2. The Bertz CT molecular complexity index is 427. The molecular formula is C11H10FN3. The number of aromatic nitrogens is 2. The van der Waals surface area contributed by atoms with Crippen LogP contribution in [0.3, 0.4) is 0 Å². The van der Waals surface area contributed by atoms with Crippen molar-refractivity contribution in [1.29, 1.82) is 0 Å². The predicted octanol–water partition coefficient (Wildman–Crippen LogP) is 2.67. The Balaban J connectivity index is 2.22. The van der Waals surface area contributed by atoms with Crippen LogP contribution >= 0.6 is 0 Å². The molecule has 0 unspecified atom stereocenters. The topological polar surface area (TPSA) is 37.8 Å². The van der Waals surface area contributed by atoms with Gasteiger partial charge in [-0.1, -0.05) is 0 Å². The molecule has 0 bridgehead atoms. The van der Waals surface area contributed by atoms with Gasteiger partial charge < -0.3 is 5.32 Å². The molecule has 0 saturated heterocycles. The van der Waals surface area contributed by atoms with E-state index in [9.17, 15) is 4.39 Å². The lowest BCUT2D eigenvalue weighted by Crippen LogP contribution is -1.94. The van der Waals surface area contributed by atoms with Gasteiger partial charge in [0.25, 0.3) is 0 Å². The van der Waals surface area contributed by atoms with Crippen LogP contribution in [0.5, 0.6) is 0 Å². The van der Waals surface area contributed by atoms with Gasteiger partial charge in [0.2, 0.25) is 0 Å². The molecule has 0 fully saturated rings. The van der Waals surface area contributed by atoms with Crippen LogP contribution in [0.1, 0.15) is 5.56 Å². The van der Waals surface area contributed by atoms with Crippen LogP contribution in [0.2, 0.25) is 0 Å². The molecule has 76 valence electrons. The first-order valence-electron chi connectivity index (χ1n) is 4.54. The van der Waals surface area contributed by atoms with E-state index in [1.165, 1.54) is 6.07 Å². The monoisotopic (exact) mass is 203 g/mol. The van der Waals surface area contributed by atoms with Crippen molar-refractivity contribution in [3.05, 3.63) is 48.2 Å². The van der Waals surface area contributed by atoms with Crippen molar-refractivity contribution in [2.45, 2.75) is 6.92 Å². The molecule has 0 aliphatic rings. The van der Waals surface area contributed by atoms with Gasteiger partial charge in [0, 0.05) is 12.3 Å². The molecule has 0 amide bonds. The summed E-state index contributed by atoms with van der Waals surface area (Å²) in [5, 5.41) is 2.97. The third-order valence-corrected chi connectivity index (χ3v) is 1.89. The van der Waals surface area contributed by atoms with E-state index >= 15 is 0 Å². The second kappa shape index (κ2) is 4.04. The van der Waals surface area contributed by atoms with E-state index in [1.54, 1.807) is 12.4 Å². The first kappa shape index (κ1) is 9.58. The molecule has 0 saturated carbocycles.